The SMILES string of the molecule is CCOCCN(CC)Cc1ncccc1C(=O)O. The molecule has 1 aromatic heterocycles. The van der Waals surface area contributed by atoms with Crippen LogP contribution in [0.3, 0.4) is 0 Å². The first-order valence-corrected chi connectivity index (χ1v) is 6.16. The first kappa shape index (κ1) is 14.6. The summed E-state index contributed by atoms with van der Waals surface area (Å²) in [7, 11) is 0. The molecule has 0 bridgehead atoms. The quantitative estimate of drug-likeness (QED) is 0.713. The van der Waals surface area contributed by atoms with Gasteiger partial charge >= 0.3 is 5.97 Å². The summed E-state index contributed by atoms with van der Waals surface area (Å²) < 4.78 is 5.30. The first-order chi connectivity index (χ1) is 8.69. The molecule has 18 heavy (non-hydrogen) atoms. The van der Waals surface area contributed by atoms with Gasteiger partial charge in [0.05, 0.1) is 17.9 Å². The number of carboxylic acid groups (broad SMARTS) is 1. The van der Waals surface area contributed by atoms with Crippen LogP contribution >= 0.6 is 0 Å². The standard InChI is InChI=1S/C13H20N2O3/c1-3-15(8-9-18-4-2)10-12-11(13(16)17)6-5-7-14-12/h5-7H,3-4,8-10H2,1-2H3,(H,16,17). The molecule has 0 unspecified atom stereocenters. The van der Waals surface area contributed by atoms with Crippen LogP contribution in [0, 0.1) is 0 Å². The third-order valence-electron chi connectivity index (χ3n) is 2.70. The summed E-state index contributed by atoms with van der Waals surface area (Å²) >= 11 is 0. The summed E-state index contributed by atoms with van der Waals surface area (Å²) in [5.74, 6) is -0.932. The number of hydrogen-bond acceptors (Lipinski definition) is 4. The Kier molecular flexibility index (Phi) is 6.32. The Morgan fingerprint density at radius 1 is 1.50 bits per heavy atom. The lowest BCUT2D eigenvalue weighted by Crippen LogP contribution is -2.28. The van der Waals surface area contributed by atoms with Crippen molar-refractivity contribution in [3.63, 3.8) is 0 Å². The zero-order valence-electron chi connectivity index (χ0n) is 10.9. The van der Waals surface area contributed by atoms with Crippen molar-refractivity contribution >= 4 is 5.97 Å². The molecule has 0 atom stereocenters. The van der Waals surface area contributed by atoms with Crippen LogP contribution < -0.4 is 0 Å². The summed E-state index contributed by atoms with van der Waals surface area (Å²) in [6.07, 6.45) is 1.62. The molecule has 1 aromatic rings. The number of carboxylic acids is 1. The summed E-state index contributed by atoms with van der Waals surface area (Å²) in [6, 6.07) is 3.23. The minimum atomic E-state index is -0.932. The van der Waals surface area contributed by atoms with Crippen molar-refractivity contribution in [2.75, 3.05) is 26.3 Å². The van der Waals surface area contributed by atoms with Crippen molar-refractivity contribution in [2.45, 2.75) is 20.4 Å². The number of carbonyl (C=O) groups is 1. The number of rotatable bonds is 8. The van der Waals surface area contributed by atoms with Gasteiger partial charge in [0.1, 0.15) is 0 Å². The van der Waals surface area contributed by atoms with Gasteiger partial charge in [0, 0.05) is 25.9 Å². The molecule has 1 N–H and O–H groups in total. The molecule has 1 rings (SSSR count). The van der Waals surface area contributed by atoms with Gasteiger partial charge in [-0.25, -0.2) is 4.79 Å². The van der Waals surface area contributed by atoms with Gasteiger partial charge in [-0.3, -0.25) is 9.88 Å². The second-order valence-corrected chi connectivity index (χ2v) is 3.87. The smallest absolute Gasteiger partial charge is 0.337 e. The van der Waals surface area contributed by atoms with Gasteiger partial charge in [-0.2, -0.15) is 0 Å². The van der Waals surface area contributed by atoms with E-state index in [0.29, 0.717) is 25.5 Å². The van der Waals surface area contributed by atoms with E-state index in [1.165, 1.54) is 0 Å². The number of hydrogen-bond donors (Lipinski definition) is 1. The molecule has 0 aliphatic rings. The largest absolute Gasteiger partial charge is 0.478 e. The molecular formula is C13H20N2O3. The first-order valence-electron chi connectivity index (χ1n) is 6.16. The highest BCUT2D eigenvalue weighted by atomic mass is 16.5. The second-order valence-electron chi connectivity index (χ2n) is 3.87. The van der Waals surface area contributed by atoms with Crippen LogP contribution in [-0.4, -0.2) is 47.3 Å². The number of aromatic nitrogens is 1. The molecule has 5 heteroatoms. The Morgan fingerprint density at radius 2 is 2.28 bits per heavy atom. The van der Waals surface area contributed by atoms with Gasteiger partial charge in [-0.05, 0) is 25.6 Å². The van der Waals surface area contributed by atoms with Crippen molar-refractivity contribution in [1.29, 1.82) is 0 Å². The van der Waals surface area contributed by atoms with E-state index in [-0.39, 0.29) is 5.56 Å². The maximum atomic E-state index is 11.1. The van der Waals surface area contributed by atoms with Crippen LogP contribution in [0.2, 0.25) is 0 Å². The molecule has 1 heterocycles. The highest BCUT2D eigenvalue weighted by molar-refractivity contribution is 5.88. The van der Waals surface area contributed by atoms with Crippen LogP contribution in [0.4, 0.5) is 0 Å². The summed E-state index contributed by atoms with van der Waals surface area (Å²) in [6.45, 7) is 7.49. The van der Waals surface area contributed by atoms with Crippen LogP contribution in [0.5, 0.6) is 0 Å². The average Bonchev–Trinajstić information content (AvgIpc) is 2.38. The average molecular weight is 252 g/mol. The number of aromatic carboxylic acids is 1. The van der Waals surface area contributed by atoms with Crippen molar-refractivity contribution in [3.05, 3.63) is 29.6 Å². The Labute approximate surface area is 107 Å². The number of nitrogens with zero attached hydrogens (tertiary/aromatic N) is 2. The van der Waals surface area contributed by atoms with E-state index in [9.17, 15) is 4.79 Å². The van der Waals surface area contributed by atoms with Gasteiger partial charge in [-0.1, -0.05) is 6.92 Å². The van der Waals surface area contributed by atoms with Gasteiger partial charge in [-0.15, -0.1) is 0 Å². The lowest BCUT2D eigenvalue weighted by Gasteiger charge is -2.20. The molecule has 0 aliphatic carbocycles. The van der Waals surface area contributed by atoms with Crippen LogP contribution in [-0.2, 0) is 11.3 Å². The minimum absolute atomic E-state index is 0.271. The van der Waals surface area contributed by atoms with E-state index in [2.05, 4.69) is 9.88 Å². The molecule has 5 nitrogen and oxygen atoms in total. The minimum Gasteiger partial charge on any atom is -0.478 e. The molecule has 0 amide bonds. The fourth-order valence-corrected chi connectivity index (χ4v) is 1.66. The fraction of sp³-hybridized carbons (Fsp3) is 0.538. The van der Waals surface area contributed by atoms with Crippen molar-refractivity contribution in [2.24, 2.45) is 0 Å². The molecule has 100 valence electrons. The molecule has 0 radical (unpaired) electrons. The maximum Gasteiger partial charge on any atom is 0.337 e. The summed E-state index contributed by atoms with van der Waals surface area (Å²) in [4.78, 5) is 17.3. The van der Waals surface area contributed by atoms with E-state index >= 15 is 0 Å². The Bertz CT molecular complexity index is 382. The second kappa shape index (κ2) is 7.79. The van der Waals surface area contributed by atoms with Crippen molar-refractivity contribution in [1.82, 2.24) is 9.88 Å². The highest BCUT2D eigenvalue weighted by Gasteiger charge is 2.13. The van der Waals surface area contributed by atoms with Crippen LogP contribution in [0.25, 0.3) is 0 Å². The molecule has 0 fully saturated rings. The Morgan fingerprint density at radius 3 is 2.89 bits per heavy atom. The molecule has 0 aliphatic heterocycles. The van der Waals surface area contributed by atoms with Crippen molar-refractivity contribution < 1.29 is 14.6 Å². The third-order valence-corrected chi connectivity index (χ3v) is 2.70. The van der Waals surface area contributed by atoms with Crippen LogP contribution in [0.15, 0.2) is 18.3 Å². The highest BCUT2D eigenvalue weighted by Crippen LogP contribution is 2.08. The van der Waals surface area contributed by atoms with E-state index in [1.54, 1.807) is 18.3 Å². The van der Waals surface area contributed by atoms with Crippen LogP contribution in [0.1, 0.15) is 29.9 Å². The topological polar surface area (TPSA) is 62.7 Å². The van der Waals surface area contributed by atoms with E-state index in [0.717, 1.165) is 13.1 Å². The number of ether oxygens (including phenoxy) is 1. The number of likely N-dealkylation sites (N-methyl/N-ethyl adjacent to an activating group) is 1. The Balaban J connectivity index is 2.66. The molecule has 0 saturated carbocycles. The van der Waals surface area contributed by atoms with E-state index in [1.807, 2.05) is 13.8 Å². The monoisotopic (exact) mass is 252 g/mol. The molecular weight excluding hydrogens is 232 g/mol. The lowest BCUT2D eigenvalue weighted by molar-refractivity contribution is 0.0693. The van der Waals surface area contributed by atoms with Gasteiger partial charge in [0.15, 0.2) is 0 Å². The third kappa shape index (κ3) is 4.43. The zero-order chi connectivity index (χ0) is 13.4. The van der Waals surface area contributed by atoms with Gasteiger partial charge in [0.25, 0.3) is 0 Å². The predicted octanol–water partition coefficient (Wildman–Crippen LogP) is 1.64. The fourth-order valence-electron chi connectivity index (χ4n) is 1.66. The van der Waals surface area contributed by atoms with E-state index < -0.39 is 5.97 Å². The lowest BCUT2D eigenvalue weighted by atomic mass is 10.2. The molecule has 0 saturated heterocycles. The van der Waals surface area contributed by atoms with Gasteiger partial charge in [0.2, 0.25) is 0 Å². The molecule has 0 spiro atoms. The maximum absolute atomic E-state index is 11.1. The summed E-state index contributed by atoms with van der Waals surface area (Å²) in [5.41, 5.74) is 0.871. The number of pyridine rings is 1. The van der Waals surface area contributed by atoms with Crippen molar-refractivity contribution in [3.8, 4) is 0 Å². The zero-order valence-corrected chi connectivity index (χ0v) is 10.9. The Hall–Kier alpha value is -1.46. The van der Waals surface area contributed by atoms with Gasteiger partial charge < -0.3 is 9.84 Å². The molecule has 0 aromatic carbocycles. The normalized spacial score (nSPS) is 10.8. The summed E-state index contributed by atoms with van der Waals surface area (Å²) in [5, 5.41) is 9.08. The van der Waals surface area contributed by atoms with E-state index in [4.69, 9.17) is 9.84 Å². The predicted molar refractivity (Wildman–Crippen MR) is 68.6 cm³/mol.